The van der Waals surface area contributed by atoms with Crippen molar-refractivity contribution in [3.8, 4) is 11.1 Å². The number of allylic oxidation sites excluding steroid dienone is 4. The fourth-order valence-corrected chi connectivity index (χ4v) is 3.28. The number of H-pyrrole nitrogens is 1. The molecule has 2 nitrogen and oxygen atoms in total. The Kier molecular flexibility index (Phi) is 2.81. The Balaban J connectivity index is 1.87. The van der Waals surface area contributed by atoms with Gasteiger partial charge < -0.3 is 9.72 Å². The molecule has 2 unspecified atom stereocenters. The summed E-state index contributed by atoms with van der Waals surface area (Å²) in [6.07, 6.45) is 13.1. The summed E-state index contributed by atoms with van der Waals surface area (Å²) in [5, 5.41) is 0. The van der Waals surface area contributed by atoms with Gasteiger partial charge in [0.25, 0.3) is 0 Å². The zero-order valence-electron chi connectivity index (χ0n) is 11.9. The number of aromatic nitrogens is 1. The van der Waals surface area contributed by atoms with Crippen molar-refractivity contribution in [3.05, 3.63) is 77.8 Å². The third-order valence-electron chi connectivity index (χ3n) is 4.33. The number of rotatable bonds is 2. The maximum absolute atomic E-state index is 5.42. The van der Waals surface area contributed by atoms with Crippen molar-refractivity contribution < 1.29 is 4.74 Å². The summed E-state index contributed by atoms with van der Waals surface area (Å²) in [6.45, 7) is 0. The molecule has 1 aromatic heterocycles. The van der Waals surface area contributed by atoms with Gasteiger partial charge in [-0.25, -0.2) is 0 Å². The van der Waals surface area contributed by atoms with Crippen molar-refractivity contribution in [2.24, 2.45) is 5.92 Å². The fourth-order valence-electron chi connectivity index (χ4n) is 3.28. The predicted octanol–water partition coefficient (Wildman–Crippen LogP) is 4.51. The number of nitrogens with one attached hydrogen (secondary N) is 1. The third kappa shape index (κ3) is 1.95. The average Bonchev–Trinajstić information content (AvgIpc) is 2.99. The van der Waals surface area contributed by atoms with Crippen LogP contribution in [0, 0.1) is 5.92 Å². The van der Waals surface area contributed by atoms with Gasteiger partial charge in [0, 0.05) is 29.3 Å². The van der Waals surface area contributed by atoms with Crippen LogP contribution in [-0.2, 0) is 4.74 Å². The Morgan fingerprint density at radius 1 is 1.05 bits per heavy atom. The highest BCUT2D eigenvalue weighted by atomic mass is 16.5. The minimum absolute atomic E-state index is 0.339. The summed E-state index contributed by atoms with van der Waals surface area (Å²) in [4.78, 5) is 3.41. The van der Waals surface area contributed by atoms with Gasteiger partial charge in [0.15, 0.2) is 0 Å². The van der Waals surface area contributed by atoms with Crippen molar-refractivity contribution >= 4 is 6.08 Å². The maximum Gasteiger partial charge on any atom is 0.115 e. The second-order valence-corrected chi connectivity index (χ2v) is 5.49. The lowest BCUT2D eigenvalue weighted by molar-refractivity contribution is 0.300. The van der Waals surface area contributed by atoms with E-state index in [1.54, 1.807) is 7.11 Å². The number of hydrogen-bond acceptors (Lipinski definition) is 1. The first-order valence-corrected chi connectivity index (χ1v) is 7.26. The van der Waals surface area contributed by atoms with Crippen LogP contribution in [-0.4, -0.2) is 12.1 Å². The van der Waals surface area contributed by atoms with Crippen molar-refractivity contribution in [1.29, 1.82) is 0 Å². The molecule has 2 atom stereocenters. The van der Waals surface area contributed by atoms with Crippen LogP contribution < -0.4 is 0 Å². The van der Waals surface area contributed by atoms with Crippen LogP contribution in [0.15, 0.2) is 66.6 Å². The van der Waals surface area contributed by atoms with Crippen LogP contribution in [0.3, 0.4) is 0 Å². The molecule has 2 aliphatic carbocycles. The summed E-state index contributed by atoms with van der Waals surface area (Å²) in [5.41, 5.74) is 5.11. The van der Waals surface area contributed by atoms with E-state index in [2.05, 4.69) is 71.9 Å². The summed E-state index contributed by atoms with van der Waals surface area (Å²) in [6, 6.07) is 10.6. The van der Waals surface area contributed by atoms with E-state index < -0.39 is 0 Å². The number of hydrogen-bond donors (Lipinski definition) is 1. The Morgan fingerprint density at radius 3 is 2.67 bits per heavy atom. The van der Waals surface area contributed by atoms with E-state index in [-0.39, 0.29) is 0 Å². The molecule has 0 fully saturated rings. The fraction of sp³-hybridized carbons (Fsp3) is 0.158. The Morgan fingerprint density at radius 2 is 1.86 bits per heavy atom. The largest absolute Gasteiger partial charge is 0.497 e. The first-order valence-electron chi connectivity index (χ1n) is 7.26. The lowest BCUT2D eigenvalue weighted by Crippen LogP contribution is -2.15. The number of aromatic amines is 1. The smallest absolute Gasteiger partial charge is 0.115 e. The summed E-state index contributed by atoms with van der Waals surface area (Å²) >= 11 is 0. The minimum Gasteiger partial charge on any atom is -0.497 e. The molecule has 0 amide bonds. The normalized spacial score (nSPS) is 22.4. The zero-order valence-corrected chi connectivity index (χ0v) is 11.9. The Bertz CT molecular complexity index is 749. The summed E-state index contributed by atoms with van der Waals surface area (Å²) in [7, 11) is 1.73. The van der Waals surface area contributed by atoms with Gasteiger partial charge in [0.2, 0.25) is 0 Å². The van der Waals surface area contributed by atoms with Crippen molar-refractivity contribution in [2.45, 2.75) is 5.92 Å². The Labute approximate surface area is 124 Å². The molecule has 0 spiro atoms. The van der Waals surface area contributed by atoms with Gasteiger partial charge in [-0.05, 0) is 29.4 Å². The number of fused-ring (bicyclic) bond motifs is 3. The van der Waals surface area contributed by atoms with Gasteiger partial charge in [-0.15, -0.1) is 0 Å². The highest BCUT2D eigenvalue weighted by Crippen LogP contribution is 2.43. The van der Waals surface area contributed by atoms with Crippen LogP contribution in [0.4, 0.5) is 0 Å². The molecule has 2 aromatic rings. The van der Waals surface area contributed by atoms with Crippen LogP contribution >= 0.6 is 0 Å². The number of ether oxygens (including phenoxy) is 1. The molecule has 2 heteroatoms. The molecular weight excluding hydrogens is 258 g/mol. The minimum atomic E-state index is 0.339. The Hall–Kier alpha value is -2.48. The van der Waals surface area contributed by atoms with Crippen molar-refractivity contribution in [3.63, 3.8) is 0 Å². The molecule has 0 saturated heterocycles. The molecule has 0 radical (unpaired) electrons. The van der Waals surface area contributed by atoms with Crippen molar-refractivity contribution in [2.75, 3.05) is 7.11 Å². The standard InChI is InChI=1S/C19H17NO/c1-21-15-9-7-14-8-10-18-19(16(14)11-15)17(12-20-18)13-5-3-2-4-6-13/h2-12,14,16,20H,1H3. The van der Waals surface area contributed by atoms with Gasteiger partial charge in [0.1, 0.15) is 5.76 Å². The molecule has 1 heterocycles. The molecule has 0 bridgehead atoms. The first-order chi connectivity index (χ1) is 10.4. The molecular formula is C19H17NO. The lowest BCUT2D eigenvalue weighted by Gasteiger charge is -2.28. The predicted molar refractivity (Wildman–Crippen MR) is 85.7 cm³/mol. The highest BCUT2D eigenvalue weighted by Gasteiger charge is 2.29. The van der Waals surface area contributed by atoms with Gasteiger partial charge in [-0.2, -0.15) is 0 Å². The molecule has 104 valence electrons. The van der Waals surface area contributed by atoms with E-state index in [1.807, 2.05) is 0 Å². The number of methoxy groups -OCH3 is 1. The summed E-state index contributed by atoms with van der Waals surface area (Å²) < 4.78 is 5.42. The SMILES string of the molecule is COC1=CC2c3c(-c4ccccc4)c[nH]c3C=CC2C=C1. The van der Waals surface area contributed by atoms with E-state index in [0.29, 0.717) is 11.8 Å². The van der Waals surface area contributed by atoms with E-state index in [4.69, 9.17) is 4.74 Å². The highest BCUT2D eigenvalue weighted by molar-refractivity contribution is 5.75. The second-order valence-electron chi connectivity index (χ2n) is 5.49. The van der Waals surface area contributed by atoms with E-state index in [9.17, 15) is 0 Å². The lowest BCUT2D eigenvalue weighted by atomic mass is 9.77. The van der Waals surface area contributed by atoms with Crippen molar-refractivity contribution in [1.82, 2.24) is 4.98 Å². The van der Waals surface area contributed by atoms with Gasteiger partial charge >= 0.3 is 0 Å². The quantitative estimate of drug-likeness (QED) is 0.857. The van der Waals surface area contributed by atoms with Crippen LogP contribution in [0.1, 0.15) is 17.2 Å². The van der Waals surface area contributed by atoms with Gasteiger partial charge in [-0.1, -0.05) is 42.5 Å². The number of benzene rings is 1. The summed E-state index contributed by atoms with van der Waals surface area (Å²) in [5.74, 6) is 1.69. The first kappa shape index (κ1) is 12.3. The van der Waals surface area contributed by atoms with Crippen LogP contribution in [0.25, 0.3) is 17.2 Å². The van der Waals surface area contributed by atoms with Crippen LogP contribution in [0.5, 0.6) is 0 Å². The van der Waals surface area contributed by atoms with Crippen LogP contribution in [0.2, 0.25) is 0 Å². The molecule has 2 aliphatic rings. The van der Waals surface area contributed by atoms with E-state index >= 15 is 0 Å². The molecule has 1 aromatic carbocycles. The average molecular weight is 275 g/mol. The van der Waals surface area contributed by atoms with E-state index in [0.717, 1.165) is 5.76 Å². The molecule has 0 aliphatic heterocycles. The molecule has 21 heavy (non-hydrogen) atoms. The van der Waals surface area contributed by atoms with Gasteiger partial charge in [-0.3, -0.25) is 0 Å². The second kappa shape index (κ2) is 4.81. The third-order valence-corrected chi connectivity index (χ3v) is 4.33. The maximum atomic E-state index is 5.42. The molecule has 0 saturated carbocycles. The zero-order chi connectivity index (χ0) is 14.2. The van der Waals surface area contributed by atoms with E-state index in [1.165, 1.54) is 22.4 Å². The molecule has 1 N–H and O–H groups in total. The molecule has 4 rings (SSSR count). The topological polar surface area (TPSA) is 25.0 Å². The van der Waals surface area contributed by atoms with Gasteiger partial charge in [0.05, 0.1) is 7.11 Å². The monoisotopic (exact) mass is 275 g/mol.